The number of hydrogen-bond acceptors (Lipinski definition) is 3. The van der Waals surface area contributed by atoms with Gasteiger partial charge in [0.1, 0.15) is 0 Å². The van der Waals surface area contributed by atoms with Gasteiger partial charge in [0.2, 0.25) is 0 Å². The standard InChI is InChI=1S/C16H16N2O2S/c1-11-13-8-10-21-14(13)7-9-18(11)16(20)17-15(19)12-5-3-2-4-6-12/h2-6,8,10-11H,7,9H2,1H3,(H,17,19,20). The number of imide groups is 1. The number of benzene rings is 1. The highest BCUT2D eigenvalue weighted by atomic mass is 32.1. The molecule has 2 heterocycles. The molecule has 2 aromatic rings. The summed E-state index contributed by atoms with van der Waals surface area (Å²) in [6, 6.07) is 10.5. The zero-order valence-electron chi connectivity index (χ0n) is 11.7. The second-order valence-electron chi connectivity index (χ2n) is 5.04. The second-order valence-corrected chi connectivity index (χ2v) is 6.04. The van der Waals surface area contributed by atoms with E-state index in [0.717, 1.165) is 6.42 Å². The summed E-state index contributed by atoms with van der Waals surface area (Å²) < 4.78 is 0. The van der Waals surface area contributed by atoms with E-state index in [1.54, 1.807) is 40.5 Å². The van der Waals surface area contributed by atoms with Gasteiger partial charge in [-0.05, 0) is 42.5 Å². The smallest absolute Gasteiger partial charge is 0.317 e. The summed E-state index contributed by atoms with van der Waals surface area (Å²) in [6.07, 6.45) is 0.851. The van der Waals surface area contributed by atoms with Crippen LogP contribution in [0.2, 0.25) is 0 Å². The Morgan fingerprint density at radius 1 is 1.24 bits per heavy atom. The second kappa shape index (κ2) is 5.69. The molecule has 0 fully saturated rings. The molecule has 0 aliphatic carbocycles. The maximum absolute atomic E-state index is 12.3. The quantitative estimate of drug-likeness (QED) is 0.879. The molecule has 0 radical (unpaired) electrons. The van der Waals surface area contributed by atoms with Crippen molar-refractivity contribution in [2.45, 2.75) is 19.4 Å². The fourth-order valence-corrected chi connectivity index (χ4v) is 3.58. The van der Waals surface area contributed by atoms with Gasteiger partial charge in [0.05, 0.1) is 6.04 Å². The number of thiophene rings is 1. The fourth-order valence-electron chi connectivity index (χ4n) is 2.62. The number of hydrogen-bond donors (Lipinski definition) is 1. The van der Waals surface area contributed by atoms with E-state index >= 15 is 0 Å². The zero-order valence-corrected chi connectivity index (χ0v) is 12.5. The van der Waals surface area contributed by atoms with E-state index in [0.29, 0.717) is 12.1 Å². The van der Waals surface area contributed by atoms with Crippen molar-refractivity contribution >= 4 is 23.3 Å². The Labute approximate surface area is 127 Å². The Hall–Kier alpha value is -2.14. The first-order valence-corrected chi connectivity index (χ1v) is 7.78. The molecule has 1 aromatic carbocycles. The molecule has 3 rings (SSSR count). The summed E-state index contributed by atoms with van der Waals surface area (Å²) in [6.45, 7) is 2.64. The first kappa shape index (κ1) is 13.8. The average molecular weight is 300 g/mol. The monoisotopic (exact) mass is 300 g/mol. The van der Waals surface area contributed by atoms with Gasteiger partial charge in [-0.3, -0.25) is 10.1 Å². The number of fused-ring (bicyclic) bond motifs is 1. The van der Waals surface area contributed by atoms with Crippen molar-refractivity contribution in [1.29, 1.82) is 0 Å². The molecule has 0 saturated heterocycles. The topological polar surface area (TPSA) is 49.4 Å². The molecule has 4 nitrogen and oxygen atoms in total. The summed E-state index contributed by atoms with van der Waals surface area (Å²) in [4.78, 5) is 27.4. The maximum atomic E-state index is 12.3. The normalized spacial score (nSPS) is 17.2. The van der Waals surface area contributed by atoms with Crippen LogP contribution in [0.5, 0.6) is 0 Å². The lowest BCUT2D eigenvalue weighted by Crippen LogP contribution is -2.46. The zero-order chi connectivity index (χ0) is 14.8. The van der Waals surface area contributed by atoms with E-state index in [9.17, 15) is 9.59 Å². The van der Waals surface area contributed by atoms with Crippen molar-refractivity contribution < 1.29 is 9.59 Å². The van der Waals surface area contributed by atoms with Crippen LogP contribution < -0.4 is 5.32 Å². The Kier molecular flexibility index (Phi) is 3.75. The molecular weight excluding hydrogens is 284 g/mol. The van der Waals surface area contributed by atoms with Crippen LogP contribution in [-0.4, -0.2) is 23.4 Å². The van der Waals surface area contributed by atoms with Crippen LogP contribution in [0, 0.1) is 0 Å². The van der Waals surface area contributed by atoms with Crippen molar-refractivity contribution in [3.8, 4) is 0 Å². The molecule has 3 amide bonds. The molecule has 1 aliphatic rings. The number of nitrogens with zero attached hydrogens (tertiary/aromatic N) is 1. The van der Waals surface area contributed by atoms with E-state index in [-0.39, 0.29) is 18.0 Å². The minimum absolute atomic E-state index is 0.00331. The van der Waals surface area contributed by atoms with Gasteiger partial charge in [-0.1, -0.05) is 18.2 Å². The van der Waals surface area contributed by atoms with Gasteiger partial charge in [0, 0.05) is 17.0 Å². The Balaban J connectivity index is 1.71. The highest BCUT2D eigenvalue weighted by Gasteiger charge is 2.29. The molecule has 0 bridgehead atoms. The molecule has 1 aliphatic heterocycles. The molecule has 1 atom stereocenters. The molecule has 1 aromatic heterocycles. The van der Waals surface area contributed by atoms with Gasteiger partial charge in [0.25, 0.3) is 5.91 Å². The number of rotatable bonds is 1. The Morgan fingerprint density at radius 2 is 2.00 bits per heavy atom. The highest BCUT2D eigenvalue weighted by Crippen LogP contribution is 2.32. The molecule has 1 N–H and O–H groups in total. The molecule has 5 heteroatoms. The van der Waals surface area contributed by atoms with Crippen LogP contribution in [0.1, 0.15) is 33.8 Å². The number of amides is 3. The predicted octanol–water partition coefficient (Wildman–Crippen LogP) is 3.22. The maximum Gasteiger partial charge on any atom is 0.324 e. The number of carbonyl (C=O) groups excluding carboxylic acids is 2. The largest absolute Gasteiger partial charge is 0.324 e. The minimum Gasteiger partial charge on any atom is -0.317 e. The van der Waals surface area contributed by atoms with E-state index in [1.807, 2.05) is 13.0 Å². The third-order valence-corrected chi connectivity index (χ3v) is 4.79. The molecule has 1 unspecified atom stereocenters. The third-order valence-electron chi connectivity index (χ3n) is 3.79. The Bertz CT molecular complexity index is 666. The van der Waals surface area contributed by atoms with Crippen molar-refractivity contribution in [3.05, 3.63) is 57.8 Å². The SMILES string of the molecule is CC1c2ccsc2CCN1C(=O)NC(=O)c1ccccc1. The fraction of sp³-hybridized carbons (Fsp3) is 0.250. The lowest BCUT2D eigenvalue weighted by Gasteiger charge is -2.33. The van der Waals surface area contributed by atoms with Gasteiger partial charge in [-0.15, -0.1) is 11.3 Å². The lowest BCUT2D eigenvalue weighted by molar-refractivity contribution is 0.0944. The van der Waals surface area contributed by atoms with Crippen molar-refractivity contribution in [2.75, 3.05) is 6.54 Å². The predicted molar refractivity (Wildman–Crippen MR) is 82.4 cm³/mol. The van der Waals surface area contributed by atoms with Crippen molar-refractivity contribution in [3.63, 3.8) is 0 Å². The number of carbonyl (C=O) groups is 2. The summed E-state index contributed by atoms with van der Waals surface area (Å²) in [5, 5.41) is 4.52. The first-order chi connectivity index (χ1) is 10.2. The van der Waals surface area contributed by atoms with Gasteiger partial charge < -0.3 is 4.90 Å². The van der Waals surface area contributed by atoms with Crippen LogP contribution in [0.25, 0.3) is 0 Å². The molecule has 0 spiro atoms. The summed E-state index contributed by atoms with van der Waals surface area (Å²) >= 11 is 1.73. The van der Waals surface area contributed by atoms with Crippen LogP contribution in [0.3, 0.4) is 0 Å². The number of urea groups is 1. The first-order valence-electron chi connectivity index (χ1n) is 6.90. The Morgan fingerprint density at radius 3 is 2.76 bits per heavy atom. The van der Waals surface area contributed by atoms with Gasteiger partial charge in [-0.2, -0.15) is 0 Å². The minimum atomic E-state index is -0.357. The summed E-state index contributed by atoms with van der Waals surface area (Å²) in [7, 11) is 0. The molecule has 0 saturated carbocycles. The van der Waals surface area contributed by atoms with E-state index < -0.39 is 0 Å². The van der Waals surface area contributed by atoms with Crippen LogP contribution >= 0.6 is 11.3 Å². The van der Waals surface area contributed by atoms with Crippen LogP contribution in [-0.2, 0) is 6.42 Å². The van der Waals surface area contributed by atoms with E-state index in [1.165, 1.54) is 10.4 Å². The molecule has 108 valence electrons. The van der Waals surface area contributed by atoms with E-state index in [2.05, 4.69) is 16.8 Å². The van der Waals surface area contributed by atoms with Crippen LogP contribution in [0.4, 0.5) is 4.79 Å². The summed E-state index contributed by atoms with van der Waals surface area (Å²) in [5.41, 5.74) is 1.68. The number of nitrogens with one attached hydrogen (secondary N) is 1. The van der Waals surface area contributed by atoms with Gasteiger partial charge in [-0.25, -0.2) is 4.79 Å². The van der Waals surface area contributed by atoms with Gasteiger partial charge >= 0.3 is 6.03 Å². The highest BCUT2D eigenvalue weighted by molar-refractivity contribution is 7.10. The molecule has 21 heavy (non-hydrogen) atoms. The van der Waals surface area contributed by atoms with Crippen molar-refractivity contribution in [2.24, 2.45) is 0 Å². The van der Waals surface area contributed by atoms with Crippen LogP contribution in [0.15, 0.2) is 41.8 Å². The van der Waals surface area contributed by atoms with Gasteiger partial charge in [0.15, 0.2) is 0 Å². The van der Waals surface area contributed by atoms with Crippen molar-refractivity contribution in [1.82, 2.24) is 10.2 Å². The third kappa shape index (κ3) is 2.69. The average Bonchev–Trinajstić information content (AvgIpc) is 2.98. The molecular formula is C16H16N2O2S. The summed E-state index contributed by atoms with van der Waals surface area (Å²) in [5.74, 6) is -0.357. The van der Waals surface area contributed by atoms with E-state index in [4.69, 9.17) is 0 Å². The lowest BCUT2D eigenvalue weighted by atomic mass is 10.0.